The van der Waals surface area contributed by atoms with Crippen LogP contribution in [-0.4, -0.2) is 38.7 Å². The molecule has 26 heavy (non-hydrogen) atoms. The maximum absolute atomic E-state index is 13.0. The Bertz CT molecular complexity index is 742. The van der Waals surface area contributed by atoms with E-state index in [1.165, 1.54) is 0 Å². The Labute approximate surface area is 147 Å². The molecule has 5 nitrogen and oxygen atoms in total. The molecule has 140 valence electrons. The van der Waals surface area contributed by atoms with Crippen molar-refractivity contribution in [3.05, 3.63) is 47.5 Å². The van der Waals surface area contributed by atoms with Crippen molar-refractivity contribution in [2.75, 3.05) is 13.1 Å². The van der Waals surface area contributed by atoms with Gasteiger partial charge in [-0.2, -0.15) is 5.10 Å². The van der Waals surface area contributed by atoms with E-state index in [1.807, 2.05) is 18.2 Å². The lowest BCUT2D eigenvalue weighted by atomic mass is 9.93. The molecule has 3 rings (SSSR count). The molecule has 0 N–H and O–H groups in total. The fourth-order valence-corrected chi connectivity index (χ4v) is 3.13. The third-order valence-electron chi connectivity index (χ3n) is 4.52. The quantitative estimate of drug-likeness (QED) is 0.757. The summed E-state index contributed by atoms with van der Waals surface area (Å²) in [4.78, 5) is 18.3. The van der Waals surface area contributed by atoms with Gasteiger partial charge >= 0.3 is 0 Å². The molecule has 3 heterocycles. The first-order chi connectivity index (χ1) is 12.5. The maximum Gasteiger partial charge on any atom is 0.282 e. The largest absolute Gasteiger partial charge is 0.341 e. The van der Waals surface area contributed by atoms with Gasteiger partial charge in [0.2, 0.25) is 5.91 Å². The first kappa shape index (κ1) is 18.3. The number of rotatable bonds is 5. The summed E-state index contributed by atoms with van der Waals surface area (Å²) in [6.45, 7) is 0.459. The third-order valence-corrected chi connectivity index (χ3v) is 4.52. The second-order valence-corrected chi connectivity index (χ2v) is 6.16. The van der Waals surface area contributed by atoms with Crippen LogP contribution in [0.15, 0.2) is 30.5 Å². The van der Waals surface area contributed by atoms with Crippen molar-refractivity contribution in [1.82, 2.24) is 19.7 Å². The number of nitrogens with zero attached hydrogens (tertiary/aromatic N) is 4. The number of carbonyl (C=O) groups excluding carboxylic acids is 1. The molecule has 1 aliphatic rings. The summed E-state index contributed by atoms with van der Waals surface area (Å²) in [5, 5.41) is 3.46. The molecule has 0 unspecified atom stereocenters. The van der Waals surface area contributed by atoms with Crippen molar-refractivity contribution in [2.24, 2.45) is 0 Å². The molecule has 0 spiro atoms. The number of alkyl halides is 4. The van der Waals surface area contributed by atoms with E-state index < -0.39 is 36.7 Å². The monoisotopic (exact) mass is 370 g/mol. The zero-order valence-corrected chi connectivity index (χ0v) is 13.9. The standard InChI is InChI=1S/C17H18F4N4O/c18-16(19)13-9-14(17(20)21)25(23-13)10-15(26)24-7-4-11(5-8-24)12-3-1-2-6-22-12/h1-3,6,9,11,16-17H,4-5,7-8,10H2. The Morgan fingerprint density at radius 1 is 1.15 bits per heavy atom. The Kier molecular flexibility index (Phi) is 5.53. The van der Waals surface area contributed by atoms with Gasteiger partial charge in [-0.3, -0.25) is 14.5 Å². The molecule has 0 aromatic carbocycles. The third kappa shape index (κ3) is 4.03. The minimum Gasteiger partial charge on any atom is -0.341 e. The van der Waals surface area contributed by atoms with Crippen LogP contribution >= 0.6 is 0 Å². The van der Waals surface area contributed by atoms with Crippen molar-refractivity contribution in [2.45, 2.75) is 38.2 Å². The van der Waals surface area contributed by atoms with Crippen LogP contribution in [0, 0.1) is 0 Å². The summed E-state index contributed by atoms with van der Waals surface area (Å²) >= 11 is 0. The molecule has 2 aromatic rings. The zero-order valence-electron chi connectivity index (χ0n) is 13.9. The van der Waals surface area contributed by atoms with Crippen molar-refractivity contribution in [3.63, 3.8) is 0 Å². The number of halogens is 4. The smallest absolute Gasteiger partial charge is 0.282 e. The lowest BCUT2D eigenvalue weighted by Gasteiger charge is -2.31. The van der Waals surface area contributed by atoms with Gasteiger partial charge in [0, 0.05) is 30.9 Å². The molecule has 0 bridgehead atoms. The molecule has 2 aromatic heterocycles. The van der Waals surface area contributed by atoms with E-state index in [0.29, 0.717) is 36.7 Å². The van der Waals surface area contributed by atoms with Gasteiger partial charge in [0.15, 0.2) is 0 Å². The highest BCUT2D eigenvalue weighted by molar-refractivity contribution is 5.76. The molecule has 1 amide bonds. The average Bonchev–Trinajstić information content (AvgIpc) is 3.07. The number of pyridine rings is 1. The highest BCUT2D eigenvalue weighted by Gasteiger charge is 2.27. The average molecular weight is 370 g/mol. The van der Waals surface area contributed by atoms with Crippen LogP contribution in [-0.2, 0) is 11.3 Å². The normalized spacial score (nSPS) is 15.8. The molecule has 0 atom stereocenters. The number of hydrogen-bond donors (Lipinski definition) is 0. The van der Waals surface area contributed by atoms with E-state index in [2.05, 4.69) is 10.1 Å². The lowest BCUT2D eigenvalue weighted by Crippen LogP contribution is -2.40. The van der Waals surface area contributed by atoms with Gasteiger partial charge in [-0.25, -0.2) is 17.6 Å². The predicted octanol–water partition coefficient (Wildman–Crippen LogP) is 3.56. The van der Waals surface area contributed by atoms with Gasteiger partial charge in [-0.05, 0) is 31.0 Å². The van der Waals surface area contributed by atoms with E-state index in [4.69, 9.17) is 0 Å². The van der Waals surface area contributed by atoms with Gasteiger partial charge in [-0.1, -0.05) is 6.07 Å². The number of piperidine rings is 1. The fraction of sp³-hybridized carbons (Fsp3) is 0.471. The minimum atomic E-state index is -2.97. The van der Waals surface area contributed by atoms with Crippen LogP contribution in [0.25, 0.3) is 0 Å². The van der Waals surface area contributed by atoms with Gasteiger partial charge < -0.3 is 4.90 Å². The summed E-state index contributed by atoms with van der Waals surface area (Å²) in [5.74, 6) is -0.165. The van der Waals surface area contributed by atoms with E-state index in [-0.39, 0.29) is 5.92 Å². The predicted molar refractivity (Wildman–Crippen MR) is 84.9 cm³/mol. The van der Waals surface area contributed by atoms with Crippen LogP contribution in [0.4, 0.5) is 17.6 Å². The summed E-state index contributed by atoms with van der Waals surface area (Å²) in [6.07, 6.45) is -2.79. The molecule has 1 fully saturated rings. The molecule has 9 heteroatoms. The Balaban J connectivity index is 1.63. The zero-order chi connectivity index (χ0) is 18.7. The summed E-state index contributed by atoms with van der Waals surface area (Å²) in [7, 11) is 0. The second-order valence-electron chi connectivity index (χ2n) is 6.16. The summed E-state index contributed by atoms with van der Waals surface area (Å²) in [5.41, 5.74) is -0.452. The molecule has 0 saturated carbocycles. The molecular weight excluding hydrogens is 352 g/mol. The fourth-order valence-electron chi connectivity index (χ4n) is 3.13. The molecular formula is C17H18F4N4O. The molecule has 0 radical (unpaired) electrons. The minimum absolute atomic E-state index is 0.243. The van der Waals surface area contributed by atoms with Gasteiger partial charge in [0.1, 0.15) is 17.9 Å². The summed E-state index contributed by atoms with van der Waals surface area (Å²) in [6, 6.07) is 6.33. The van der Waals surface area contributed by atoms with Gasteiger partial charge in [0.05, 0.1) is 0 Å². The van der Waals surface area contributed by atoms with Crippen LogP contribution < -0.4 is 0 Å². The van der Waals surface area contributed by atoms with E-state index in [1.54, 1.807) is 11.1 Å². The van der Waals surface area contributed by atoms with Crippen molar-refractivity contribution in [1.29, 1.82) is 0 Å². The Morgan fingerprint density at radius 2 is 1.88 bits per heavy atom. The van der Waals surface area contributed by atoms with Crippen molar-refractivity contribution in [3.8, 4) is 0 Å². The number of amides is 1. The van der Waals surface area contributed by atoms with Crippen LogP contribution in [0.3, 0.4) is 0 Å². The van der Waals surface area contributed by atoms with E-state index >= 15 is 0 Å². The number of aromatic nitrogens is 3. The second kappa shape index (κ2) is 7.84. The van der Waals surface area contributed by atoms with Crippen molar-refractivity contribution >= 4 is 5.91 Å². The summed E-state index contributed by atoms with van der Waals surface area (Å²) < 4.78 is 52.1. The number of likely N-dealkylation sites (tertiary alicyclic amines) is 1. The maximum atomic E-state index is 13.0. The molecule has 0 aliphatic carbocycles. The first-order valence-electron chi connectivity index (χ1n) is 8.28. The van der Waals surface area contributed by atoms with Crippen LogP contribution in [0.2, 0.25) is 0 Å². The van der Waals surface area contributed by atoms with Crippen molar-refractivity contribution < 1.29 is 22.4 Å². The van der Waals surface area contributed by atoms with Gasteiger partial charge in [-0.15, -0.1) is 0 Å². The topological polar surface area (TPSA) is 51.0 Å². The van der Waals surface area contributed by atoms with Crippen LogP contribution in [0.5, 0.6) is 0 Å². The van der Waals surface area contributed by atoms with E-state index in [0.717, 1.165) is 5.69 Å². The van der Waals surface area contributed by atoms with Crippen LogP contribution in [0.1, 0.15) is 48.7 Å². The molecule has 1 aliphatic heterocycles. The molecule has 1 saturated heterocycles. The number of hydrogen-bond acceptors (Lipinski definition) is 3. The Hall–Kier alpha value is -2.45. The lowest BCUT2D eigenvalue weighted by molar-refractivity contribution is -0.133. The Morgan fingerprint density at radius 3 is 2.46 bits per heavy atom. The highest BCUT2D eigenvalue weighted by Crippen LogP contribution is 2.28. The highest BCUT2D eigenvalue weighted by atomic mass is 19.3. The number of carbonyl (C=O) groups is 1. The van der Waals surface area contributed by atoms with Gasteiger partial charge in [0.25, 0.3) is 12.9 Å². The SMILES string of the molecule is O=C(Cn1nc(C(F)F)cc1C(F)F)N1CCC(c2ccccn2)CC1. The first-order valence-corrected chi connectivity index (χ1v) is 8.28. The van der Waals surface area contributed by atoms with E-state index in [9.17, 15) is 22.4 Å².